The molecule has 12 heteroatoms. The first-order chi connectivity index (χ1) is 13.3. The molecule has 0 spiro atoms. The highest BCUT2D eigenvalue weighted by Gasteiger charge is 2.77. The van der Waals surface area contributed by atoms with Crippen molar-refractivity contribution in [3.63, 3.8) is 0 Å². The lowest BCUT2D eigenvalue weighted by Gasteiger charge is -2.26. The van der Waals surface area contributed by atoms with Crippen LogP contribution in [0.1, 0.15) is 10.4 Å². The van der Waals surface area contributed by atoms with Gasteiger partial charge in [0, 0.05) is 4.47 Å². The van der Waals surface area contributed by atoms with Gasteiger partial charge < -0.3 is 9.47 Å². The molecule has 0 unspecified atom stereocenters. The van der Waals surface area contributed by atoms with Crippen molar-refractivity contribution in [2.75, 3.05) is 0 Å². The summed E-state index contributed by atoms with van der Waals surface area (Å²) in [7, 11) is 0. The third-order valence-corrected chi connectivity index (χ3v) is 3.87. The summed E-state index contributed by atoms with van der Waals surface area (Å²) in [6, 6.07) is 9.61. The van der Waals surface area contributed by atoms with Gasteiger partial charge in [0.15, 0.2) is 11.5 Å². The van der Waals surface area contributed by atoms with Gasteiger partial charge in [-0.15, -0.1) is 0 Å². The van der Waals surface area contributed by atoms with Crippen LogP contribution in [0.5, 0.6) is 11.5 Å². The van der Waals surface area contributed by atoms with Gasteiger partial charge in [-0.05, 0) is 36.4 Å². The van der Waals surface area contributed by atoms with Crippen LogP contribution >= 0.6 is 15.9 Å². The zero-order valence-corrected chi connectivity index (χ0v) is 15.4. The maximum atomic E-state index is 13.4. The van der Waals surface area contributed by atoms with E-state index in [0.717, 1.165) is 18.2 Å². The van der Waals surface area contributed by atoms with Gasteiger partial charge in [-0.2, -0.15) is 30.7 Å². The molecule has 0 radical (unpaired) electrons. The Morgan fingerprint density at radius 1 is 0.759 bits per heavy atom. The third-order valence-electron chi connectivity index (χ3n) is 3.34. The molecule has 29 heavy (non-hydrogen) atoms. The normalized spacial score (nSPS) is 12.4. The summed E-state index contributed by atoms with van der Waals surface area (Å²) in [6.07, 6.45) is -6.71. The molecular formula is C17H8BrF7O4. The number of ether oxygens (including phenoxy) is 2. The summed E-state index contributed by atoms with van der Waals surface area (Å²) >= 11 is 3.13. The van der Waals surface area contributed by atoms with E-state index in [1.807, 2.05) is 0 Å². The lowest BCUT2D eigenvalue weighted by Crippen LogP contribution is -2.57. The smallest absolute Gasteiger partial charge is 0.419 e. The molecule has 0 fully saturated rings. The molecule has 2 rings (SSSR count). The standard InChI is InChI=1S/C17H8BrF7O4/c18-10-7-5-9(6-8-10)13(26)28-11-3-1-2-4-12(11)29-14(27)15(19,20)16(21,22)17(23,24)25/h1-8H. The number of carbonyl (C=O) groups is 2. The summed E-state index contributed by atoms with van der Waals surface area (Å²) in [5.74, 6) is -18.7. The number of hydrogen-bond acceptors (Lipinski definition) is 4. The first-order valence-electron chi connectivity index (χ1n) is 7.39. The van der Waals surface area contributed by atoms with Crippen LogP contribution in [-0.2, 0) is 4.79 Å². The lowest BCUT2D eigenvalue weighted by atomic mass is 10.1. The Hall–Kier alpha value is -2.63. The molecule has 0 aliphatic carbocycles. The minimum absolute atomic E-state index is 0.0109. The van der Waals surface area contributed by atoms with Gasteiger partial charge in [-0.1, -0.05) is 28.1 Å². The van der Waals surface area contributed by atoms with Crippen molar-refractivity contribution in [2.24, 2.45) is 0 Å². The lowest BCUT2D eigenvalue weighted by molar-refractivity contribution is -0.346. The van der Waals surface area contributed by atoms with Crippen LogP contribution in [0.2, 0.25) is 0 Å². The van der Waals surface area contributed by atoms with E-state index in [9.17, 15) is 40.3 Å². The maximum Gasteiger partial charge on any atom is 0.460 e. The number of esters is 2. The number of carbonyl (C=O) groups excluding carboxylic acids is 2. The van der Waals surface area contributed by atoms with Crippen LogP contribution in [0.25, 0.3) is 0 Å². The van der Waals surface area contributed by atoms with E-state index in [1.165, 1.54) is 30.3 Å². The van der Waals surface area contributed by atoms with Crippen LogP contribution in [0.3, 0.4) is 0 Å². The predicted molar refractivity (Wildman–Crippen MR) is 87.1 cm³/mol. The van der Waals surface area contributed by atoms with Crippen molar-refractivity contribution < 1.29 is 49.8 Å². The molecular weight excluding hydrogens is 481 g/mol. The Morgan fingerprint density at radius 2 is 1.24 bits per heavy atom. The van der Waals surface area contributed by atoms with E-state index in [-0.39, 0.29) is 5.56 Å². The molecule has 0 saturated carbocycles. The van der Waals surface area contributed by atoms with Crippen molar-refractivity contribution in [3.05, 3.63) is 58.6 Å². The van der Waals surface area contributed by atoms with Gasteiger partial charge in [-0.25, -0.2) is 9.59 Å². The summed E-state index contributed by atoms with van der Waals surface area (Å²) in [5, 5.41) is 0. The van der Waals surface area contributed by atoms with Gasteiger partial charge in [0.1, 0.15) is 0 Å². The second-order valence-electron chi connectivity index (χ2n) is 5.38. The van der Waals surface area contributed by atoms with E-state index in [2.05, 4.69) is 20.7 Å². The summed E-state index contributed by atoms with van der Waals surface area (Å²) in [6.45, 7) is 0. The highest BCUT2D eigenvalue weighted by molar-refractivity contribution is 9.10. The number of benzene rings is 2. The second-order valence-corrected chi connectivity index (χ2v) is 6.29. The number of alkyl halides is 7. The number of rotatable bonds is 5. The van der Waals surface area contributed by atoms with Crippen LogP contribution in [-0.4, -0.2) is 30.0 Å². The molecule has 2 aromatic carbocycles. The first-order valence-corrected chi connectivity index (χ1v) is 8.18. The molecule has 0 aliphatic rings. The van der Waals surface area contributed by atoms with Gasteiger partial charge in [0.25, 0.3) is 0 Å². The zero-order valence-electron chi connectivity index (χ0n) is 13.8. The van der Waals surface area contributed by atoms with Crippen molar-refractivity contribution in [1.82, 2.24) is 0 Å². The fourth-order valence-corrected chi connectivity index (χ4v) is 2.10. The van der Waals surface area contributed by atoms with Gasteiger partial charge in [0.2, 0.25) is 0 Å². The molecule has 0 aromatic heterocycles. The van der Waals surface area contributed by atoms with E-state index < -0.39 is 41.5 Å². The zero-order chi connectivity index (χ0) is 22.0. The van der Waals surface area contributed by atoms with E-state index in [1.54, 1.807) is 0 Å². The fraction of sp³-hybridized carbons (Fsp3) is 0.176. The molecule has 156 valence electrons. The molecule has 0 amide bonds. The Morgan fingerprint density at radius 3 is 1.72 bits per heavy atom. The van der Waals surface area contributed by atoms with Crippen LogP contribution in [0.15, 0.2) is 53.0 Å². The van der Waals surface area contributed by atoms with Crippen LogP contribution in [0.4, 0.5) is 30.7 Å². The highest BCUT2D eigenvalue weighted by Crippen LogP contribution is 2.47. The van der Waals surface area contributed by atoms with Crippen molar-refractivity contribution >= 4 is 27.9 Å². The number of hydrogen-bond donors (Lipinski definition) is 0. The van der Waals surface area contributed by atoms with Crippen molar-refractivity contribution in [3.8, 4) is 11.5 Å². The first kappa shape index (κ1) is 22.7. The average Bonchev–Trinajstić information content (AvgIpc) is 2.62. The third kappa shape index (κ3) is 4.69. The quantitative estimate of drug-likeness (QED) is 0.321. The minimum atomic E-state index is -6.71. The monoisotopic (exact) mass is 488 g/mol. The largest absolute Gasteiger partial charge is 0.460 e. The fourth-order valence-electron chi connectivity index (χ4n) is 1.83. The van der Waals surface area contributed by atoms with E-state index in [4.69, 9.17) is 4.74 Å². The molecule has 2 aromatic rings. The van der Waals surface area contributed by atoms with Crippen LogP contribution < -0.4 is 9.47 Å². The van der Waals surface area contributed by atoms with E-state index in [0.29, 0.717) is 4.47 Å². The van der Waals surface area contributed by atoms with Crippen molar-refractivity contribution in [1.29, 1.82) is 0 Å². The molecule has 0 atom stereocenters. The van der Waals surface area contributed by atoms with Crippen LogP contribution in [0, 0.1) is 0 Å². The number of halogens is 8. The summed E-state index contributed by atoms with van der Waals surface area (Å²) in [5.41, 5.74) is -0.0109. The molecule has 0 saturated heterocycles. The van der Waals surface area contributed by atoms with Gasteiger partial charge in [0.05, 0.1) is 5.56 Å². The summed E-state index contributed by atoms with van der Waals surface area (Å²) < 4.78 is 98.8. The minimum Gasteiger partial charge on any atom is -0.419 e. The topological polar surface area (TPSA) is 52.6 Å². The van der Waals surface area contributed by atoms with Gasteiger partial charge >= 0.3 is 30.0 Å². The Kier molecular flexibility index (Phi) is 6.26. The Balaban J connectivity index is 2.25. The molecule has 0 bridgehead atoms. The van der Waals surface area contributed by atoms with Crippen molar-refractivity contribution in [2.45, 2.75) is 18.0 Å². The summed E-state index contributed by atoms with van der Waals surface area (Å²) in [4.78, 5) is 23.4. The maximum absolute atomic E-state index is 13.4. The Bertz CT molecular complexity index is 911. The van der Waals surface area contributed by atoms with E-state index >= 15 is 0 Å². The second kappa shape index (κ2) is 8.01. The molecule has 0 N–H and O–H groups in total. The SMILES string of the molecule is O=C(Oc1ccccc1OC(=O)C(F)(F)C(F)(F)C(F)(F)F)c1ccc(Br)cc1. The highest BCUT2D eigenvalue weighted by atomic mass is 79.9. The Labute approximate surface area is 166 Å². The molecule has 4 nitrogen and oxygen atoms in total. The van der Waals surface area contributed by atoms with Gasteiger partial charge in [-0.3, -0.25) is 0 Å². The predicted octanol–water partition coefficient (Wildman–Crippen LogP) is 5.41. The molecule has 0 heterocycles. The average molecular weight is 489 g/mol. The number of para-hydroxylation sites is 2. The molecule has 0 aliphatic heterocycles.